The van der Waals surface area contributed by atoms with E-state index < -0.39 is 29.9 Å². The summed E-state index contributed by atoms with van der Waals surface area (Å²) in [7, 11) is 0. The Bertz CT molecular complexity index is 263. The summed E-state index contributed by atoms with van der Waals surface area (Å²) in [5, 5.41) is 12.7. The minimum atomic E-state index is -4.33. The first kappa shape index (κ1) is 16.1. The predicted octanol–water partition coefficient (Wildman–Crippen LogP) is 2.22. The van der Waals surface area contributed by atoms with Crippen molar-refractivity contribution in [2.24, 2.45) is 5.92 Å². The van der Waals surface area contributed by atoms with Gasteiger partial charge in [-0.3, -0.25) is 10.2 Å². The lowest BCUT2D eigenvalue weighted by molar-refractivity contribution is -0.208. The van der Waals surface area contributed by atoms with E-state index in [1.165, 1.54) is 18.7 Å². The number of hydrogen-bond donors (Lipinski definition) is 2. The molecule has 2 N–H and O–H groups in total. The zero-order chi connectivity index (χ0) is 13.9. The number of nitrogens with one attached hydrogen (secondary N) is 1. The Hall–Kier alpha value is 0.0200. The van der Waals surface area contributed by atoms with Gasteiger partial charge in [0.25, 0.3) is 0 Å². The van der Waals surface area contributed by atoms with Crippen LogP contribution in [0.1, 0.15) is 26.7 Å². The molecule has 0 saturated carbocycles. The van der Waals surface area contributed by atoms with Crippen LogP contribution in [0.4, 0.5) is 13.2 Å². The number of unbranched alkanes of at least 4 members (excludes halogenated alkanes) is 1. The summed E-state index contributed by atoms with van der Waals surface area (Å²) in [5.41, 5.74) is -0.491. The lowest BCUT2D eigenvalue weighted by Crippen LogP contribution is -2.66. The van der Waals surface area contributed by atoms with Crippen LogP contribution in [-0.4, -0.2) is 46.8 Å². The van der Waals surface area contributed by atoms with Gasteiger partial charge in [-0.15, -0.1) is 11.8 Å². The zero-order valence-electron chi connectivity index (χ0n) is 10.9. The molecule has 0 aromatic rings. The van der Waals surface area contributed by atoms with Gasteiger partial charge in [-0.2, -0.15) is 13.2 Å². The predicted molar refractivity (Wildman–Crippen MR) is 67.1 cm³/mol. The summed E-state index contributed by atoms with van der Waals surface area (Å²) < 4.78 is 38.6. The number of aliphatic hydroxyl groups is 1. The molecular weight excluding hydrogens is 265 g/mol. The van der Waals surface area contributed by atoms with E-state index in [1.54, 1.807) is 11.2 Å². The molecule has 0 amide bonds. The quantitative estimate of drug-likeness (QED) is 0.831. The standard InChI is InChI=1S/C11H21F3N2OS/c1-4-5-6-16-9(17)7(2)8(11(12,13)14)15-10(16)18-3/h7-10,15,17H,4-6H2,1-3H3. The molecule has 4 atom stereocenters. The fraction of sp³-hybridized carbons (Fsp3) is 1.00. The van der Waals surface area contributed by atoms with E-state index in [4.69, 9.17) is 0 Å². The molecule has 108 valence electrons. The van der Waals surface area contributed by atoms with E-state index in [1.807, 2.05) is 6.92 Å². The van der Waals surface area contributed by atoms with Crippen LogP contribution in [0, 0.1) is 5.92 Å². The lowest BCUT2D eigenvalue weighted by Gasteiger charge is -2.47. The minimum absolute atomic E-state index is 0.491. The molecule has 0 aromatic heterocycles. The molecule has 18 heavy (non-hydrogen) atoms. The van der Waals surface area contributed by atoms with Gasteiger partial charge in [0.05, 0.1) is 0 Å². The van der Waals surface area contributed by atoms with Crippen LogP contribution >= 0.6 is 11.8 Å². The molecule has 0 radical (unpaired) electrons. The highest BCUT2D eigenvalue weighted by molar-refractivity contribution is 7.99. The Morgan fingerprint density at radius 3 is 2.44 bits per heavy atom. The number of rotatable bonds is 4. The van der Waals surface area contributed by atoms with Crippen LogP contribution in [0.25, 0.3) is 0 Å². The third kappa shape index (κ3) is 3.53. The van der Waals surface area contributed by atoms with Crippen molar-refractivity contribution < 1.29 is 18.3 Å². The van der Waals surface area contributed by atoms with Crippen LogP contribution in [0.3, 0.4) is 0 Å². The first-order chi connectivity index (χ1) is 8.32. The maximum absolute atomic E-state index is 12.9. The SMILES string of the molecule is CCCCN1C(SC)NC(C(F)(F)F)C(C)C1O. The Labute approximate surface area is 110 Å². The summed E-state index contributed by atoms with van der Waals surface area (Å²) in [6.45, 7) is 4.05. The molecular formula is C11H21F3N2OS. The maximum atomic E-state index is 12.9. The molecule has 1 fully saturated rings. The van der Waals surface area contributed by atoms with Crippen molar-refractivity contribution in [1.82, 2.24) is 10.2 Å². The number of alkyl halides is 3. The number of aliphatic hydroxyl groups excluding tert-OH is 1. The normalized spacial score (nSPS) is 34.8. The van der Waals surface area contributed by atoms with Gasteiger partial charge in [0.15, 0.2) is 0 Å². The number of nitrogens with zero attached hydrogens (tertiary/aromatic N) is 1. The summed E-state index contributed by atoms with van der Waals surface area (Å²) >= 11 is 1.28. The third-order valence-corrected chi connectivity index (χ3v) is 4.16. The largest absolute Gasteiger partial charge is 0.404 e. The van der Waals surface area contributed by atoms with E-state index in [-0.39, 0.29) is 0 Å². The Kier molecular flexibility index (Phi) is 5.76. The molecule has 0 bridgehead atoms. The fourth-order valence-corrected chi connectivity index (χ4v) is 2.98. The van der Waals surface area contributed by atoms with E-state index in [9.17, 15) is 18.3 Å². The summed E-state index contributed by atoms with van der Waals surface area (Å²) in [6.07, 6.45) is -1.83. The lowest BCUT2D eigenvalue weighted by atomic mass is 9.96. The van der Waals surface area contributed by atoms with Gasteiger partial charge in [-0.05, 0) is 12.7 Å². The highest BCUT2D eigenvalue weighted by Gasteiger charge is 2.51. The molecule has 1 aliphatic heterocycles. The smallest absolute Gasteiger partial charge is 0.378 e. The van der Waals surface area contributed by atoms with Gasteiger partial charge in [-0.1, -0.05) is 20.3 Å². The second-order valence-electron chi connectivity index (χ2n) is 4.64. The second kappa shape index (κ2) is 6.45. The number of thioether (sulfide) groups is 1. The van der Waals surface area contributed by atoms with Crippen molar-refractivity contribution in [3.8, 4) is 0 Å². The van der Waals surface area contributed by atoms with E-state index >= 15 is 0 Å². The molecule has 7 heteroatoms. The number of hydrogen-bond acceptors (Lipinski definition) is 4. The first-order valence-corrected chi connectivity index (χ1v) is 7.41. The van der Waals surface area contributed by atoms with E-state index in [0.29, 0.717) is 6.54 Å². The van der Waals surface area contributed by atoms with Gasteiger partial charge >= 0.3 is 6.18 Å². The monoisotopic (exact) mass is 286 g/mol. The van der Waals surface area contributed by atoms with Crippen molar-refractivity contribution in [2.45, 2.75) is 50.6 Å². The van der Waals surface area contributed by atoms with Gasteiger partial charge in [-0.25, -0.2) is 0 Å². The average Bonchev–Trinajstić information content (AvgIpc) is 2.29. The molecule has 0 aliphatic carbocycles. The molecule has 0 spiro atoms. The summed E-state index contributed by atoms with van der Waals surface area (Å²) in [5.74, 6) is -0.870. The van der Waals surface area contributed by atoms with Crippen molar-refractivity contribution >= 4 is 11.8 Å². The summed E-state index contributed by atoms with van der Waals surface area (Å²) in [4.78, 5) is 1.71. The topological polar surface area (TPSA) is 35.5 Å². The maximum Gasteiger partial charge on any atom is 0.404 e. The van der Waals surface area contributed by atoms with Crippen molar-refractivity contribution in [3.05, 3.63) is 0 Å². The van der Waals surface area contributed by atoms with E-state index in [2.05, 4.69) is 5.32 Å². The Morgan fingerprint density at radius 1 is 1.39 bits per heavy atom. The number of halogens is 3. The minimum Gasteiger partial charge on any atom is -0.378 e. The highest BCUT2D eigenvalue weighted by atomic mass is 32.2. The molecule has 1 rings (SSSR count). The van der Waals surface area contributed by atoms with Gasteiger partial charge < -0.3 is 5.11 Å². The van der Waals surface area contributed by atoms with Crippen molar-refractivity contribution in [3.63, 3.8) is 0 Å². The van der Waals surface area contributed by atoms with Crippen LogP contribution in [-0.2, 0) is 0 Å². The molecule has 4 unspecified atom stereocenters. The first-order valence-electron chi connectivity index (χ1n) is 6.12. The average molecular weight is 286 g/mol. The fourth-order valence-electron chi connectivity index (χ4n) is 2.20. The highest BCUT2D eigenvalue weighted by Crippen LogP contribution is 2.34. The van der Waals surface area contributed by atoms with E-state index in [0.717, 1.165) is 12.8 Å². The Balaban J connectivity index is 2.81. The summed E-state index contributed by atoms with van der Waals surface area (Å²) in [6, 6.07) is -1.65. The van der Waals surface area contributed by atoms with Crippen LogP contribution in [0.2, 0.25) is 0 Å². The second-order valence-corrected chi connectivity index (χ2v) is 5.56. The van der Waals surface area contributed by atoms with Gasteiger partial charge in [0.2, 0.25) is 0 Å². The van der Waals surface area contributed by atoms with Crippen LogP contribution in [0.15, 0.2) is 0 Å². The van der Waals surface area contributed by atoms with Crippen LogP contribution < -0.4 is 5.32 Å². The zero-order valence-corrected chi connectivity index (χ0v) is 11.7. The van der Waals surface area contributed by atoms with Crippen molar-refractivity contribution in [2.75, 3.05) is 12.8 Å². The van der Waals surface area contributed by atoms with Gasteiger partial charge in [0, 0.05) is 12.5 Å². The molecule has 0 aromatic carbocycles. The van der Waals surface area contributed by atoms with Crippen LogP contribution in [0.5, 0.6) is 0 Å². The third-order valence-electron chi connectivity index (χ3n) is 3.30. The molecule has 3 nitrogen and oxygen atoms in total. The molecule has 1 saturated heterocycles. The molecule has 1 heterocycles. The Morgan fingerprint density at radius 2 is 2.00 bits per heavy atom. The molecule has 1 aliphatic rings. The van der Waals surface area contributed by atoms with Crippen molar-refractivity contribution in [1.29, 1.82) is 0 Å². The van der Waals surface area contributed by atoms with Gasteiger partial charge in [0.1, 0.15) is 17.8 Å².